The minimum Gasteiger partial charge on any atom is -0.508 e. The van der Waals surface area contributed by atoms with E-state index in [0.29, 0.717) is 29.9 Å². The van der Waals surface area contributed by atoms with E-state index in [-0.39, 0.29) is 24.8 Å². The number of nitrogens with one attached hydrogen (secondary N) is 1. The molecule has 1 aromatic carbocycles. The van der Waals surface area contributed by atoms with Gasteiger partial charge in [0.15, 0.2) is 0 Å². The number of amides is 1. The molecule has 1 atom stereocenters. The van der Waals surface area contributed by atoms with Crippen LogP contribution in [0, 0.1) is 11.8 Å². The third-order valence-corrected chi connectivity index (χ3v) is 5.73. The fourth-order valence-corrected chi connectivity index (χ4v) is 4.05. The molecule has 2 saturated heterocycles. The van der Waals surface area contributed by atoms with Crippen LogP contribution in [-0.4, -0.2) is 60.1 Å². The van der Waals surface area contributed by atoms with Gasteiger partial charge >= 0.3 is 0 Å². The summed E-state index contributed by atoms with van der Waals surface area (Å²) in [7, 11) is 0. The Balaban J connectivity index is 0.00000182. The van der Waals surface area contributed by atoms with Crippen LogP contribution in [0.25, 0.3) is 0 Å². The van der Waals surface area contributed by atoms with Crippen LogP contribution in [0.2, 0.25) is 0 Å². The number of carbonyl (C=O) groups excluding carboxylic acids is 1. The summed E-state index contributed by atoms with van der Waals surface area (Å²) < 4.78 is 0. The summed E-state index contributed by atoms with van der Waals surface area (Å²) in [6, 6.07) is 7.44. The predicted molar refractivity (Wildman–Crippen MR) is 114 cm³/mol. The van der Waals surface area contributed by atoms with Gasteiger partial charge in [-0.2, -0.15) is 0 Å². The quantitative estimate of drug-likeness (QED) is 0.772. The molecule has 1 unspecified atom stereocenters. The van der Waals surface area contributed by atoms with Crippen LogP contribution in [0.5, 0.6) is 5.75 Å². The first kappa shape index (κ1) is 24.0. The van der Waals surface area contributed by atoms with Gasteiger partial charge in [-0.25, -0.2) is 0 Å². The molecule has 0 bridgehead atoms. The smallest absolute Gasteiger partial charge is 0.222 e. The first-order chi connectivity index (χ1) is 12.1. The van der Waals surface area contributed by atoms with E-state index in [2.05, 4.69) is 17.1 Å². The van der Waals surface area contributed by atoms with E-state index < -0.39 is 0 Å². The molecule has 2 N–H and O–H groups in total. The highest BCUT2D eigenvalue weighted by Gasteiger charge is 2.26. The third kappa shape index (κ3) is 7.15. The lowest BCUT2D eigenvalue weighted by molar-refractivity contribution is -0.134. The van der Waals surface area contributed by atoms with Crippen molar-refractivity contribution >= 4 is 30.7 Å². The molecule has 0 saturated carbocycles. The van der Waals surface area contributed by atoms with E-state index in [4.69, 9.17) is 0 Å². The number of piperidine rings is 1. The minimum atomic E-state index is 0. The van der Waals surface area contributed by atoms with Gasteiger partial charge in [0.1, 0.15) is 5.75 Å². The summed E-state index contributed by atoms with van der Waals surface area (Å²) in [5, 5.41) is 13.0. The second kappa shape index (κ2) is 11.7. The van der Waals surface area contributed by atoms with Gasteiger partial charge < -0.3 is 15.3 Å². The fraction of sp³-hybridized carbons (Fsp3) is 0.650. The van der Waals surface area contributed by atoms with Gasteiger partial charge in [-0.1, -0.05) is 19.1 Å². The number of benzene rings is 1. The topological polar surface area (TPSA) is 55.8 Å². The van der Waals surface area contributed by atoms with Crippen molar-refractivity contribution in [1.82, 2.24) is 15.1 Å². The summed E-state index contributed by atoms with van der Waals surface area (Å²) in [6.45, 7) is 8.71. The number of phenolic OH excluding ortho intramolecular Hbond substituents is 1. The lowest BCUT2D eigenvalue weighted by atomic mass is 9.84. The molecular formula is C20H33Cl2N3O2. The molecule has 0 radical (unpaired) electrons. The molecule has 0 aliphatic carbocycles. The number of hydrogen-bond donors (Lipinski definition) is 2. The Bertz CT molecular complexity index is 574. The Hall–Kier alpha value is -1.01. The zero-order valence-corrected chi connectivity index (χ0v) is 17.7. The van der Waals surface area contributed by atoms with E-state index >= 15 is 0 Å². The molecule has 3 rings (SSSR count). The average Bonchev–Trinajstić information content (AvgIpc) is 2.63. The zero-order valence-electron chi connectivity index (χ0n) is 16.1. The normalized spacial score (nSPS) is 19.7. The molecular weight excluding hydrogens is 385 g/mol. The Labute approximate surface area is 175 Å². The highest BCUT2D eigenvalue weighted by Crippen LogP contribution is 2.25. The average molecular weight is 418 g/mol. The largest absolute Gasteiger partial charge is 0.508 e. The first-order valence-electron chi connectivity index (χ1n) is 9.60. The van der Waals surface area contributed by atoms with Gasteiger partial charge in [0.05, 0.1) is 0 Å². The van der Waals surface area contributed by atoms with Gasteiger partial charge in [0.2, 0.25) is 5.91 Å². The molecule has 154 valence electrons. The van der Waals surface area contributed by atoms with Crippen molar-refractivity contribution in [2.45, 2.75) is 32.7 Å². The number of hydrogen-bond acceptors (Lipinski definition) is 4. The third-order valence-electron chi connectivity index (χ3n) is 5.73. The molecule has 2 aliphatic heterocycles. The highest BCUT2D eigenvalue weighted by molar-refractivity contribution is 5.85. The maximum absolute atomic E-state index is 12.6. The van der Waals surface area contributed by atoms with Crippen LogP contribution in [-0.2, 0) is 11.3 Å². The lowest BCUT2D eigenvalue weighted by Crippen LogP contribution is -2.48. The number of phenols is 1. The van der Waals surface area contributed by atoms with E-state index in [1.54, 1.807) is 6.07 Å². The van der Waals surface area contributed by atoms with Gasteiger partial charge in [-0.05, 0) is 55.5 Å². The first-order valence-corrected chi connectivity index (χ1v) is 9.60. The van der Waals surface area contributed by atoms with Crippen molar-refractivity contribution in [3.63, 3.8) is 0 Å². The monoisotopic (exact) mass is 417 g/mol. The molecule has 1 aromatic rings. The van der Waals surface area contributed by atoms with Crippen molar-refractivity contribution < 1.29 is 9.90 Å². The van der Waals surface area contributed by atoms with E-state index in [1.165, 1.54) is 12.8 Å². The fourth-order valence-electron chi connectivity index (χ4n) is 4.05. The molecule has 7 heteroatoms. The predicted octanol–water partition coefficient (Wildman–Crippen LogP) is 2.91. The van der Waals surface area contributed by atoms with Crippen molar-refractivity contribution in [3.05, 3.63) is 29.8 Å². The summed E-state index contributed by atoms with van der Waals surface area (Å²) in [5.41, 5.74) is 1.12. The number of piperazine rings is 1. The molecule has 2 fully saturated rings. The number of rotatable bonds is 5. The summed E-state index contributed by atoms with van der Waals surface area (Å²) in [5.74, 6) is 1.82. The maximum atomic E-state index is 12.6. The lowest BCUT2D eigenvalue weighted by Gasteiger charge is -2.36. The van der Waals surface area contributed by atoms with Crippen molar-refractivity contribution in [3.8, 4) is 5.75 Å². The molecule has 5 nitrogen and oxygen atoms in total. The number of aromatic hydroxyl groups is 1. The summed E-state index contributed by atoms with van der Waals surface area (Å²) in [4.78, 5) is 17.0. The number of halogens is 2. The van der Waals surface area contributed by atoms with Gasteiger partial charge in [0.25, 0.3) is 0 Å². The Morgan fingerprint density at radius 2 is 1.85 bits per heavy atom. The minimum absolute atomic E-state index is 0. The van der Waals surface area contributed by atoms with Crippen LogP contribution in [0.4, 0.5) is 0 Å². The van der Waals surface area contributed by atoms with Crippen molar-refractivity contribution in [2.75, 3.05) is 39.3 Å². The maximum Gasteiger partial charge on any atom is 0.222 e. The molecule has 2 heterocycles. The zero-order chi connectivity index (χ0) is 17.6. The Kier molecular flexibility index (Phi) is 10.5. The van der Waals surface area contributed by atoms with Gasteiger partial charge in [0, 0.05) is 39.1 Å². The molecule has 27 heavy (non-hydrogen) atoms. The molecule has 1 amide bonds. The van der Waals surface area contributed by atoms with Crippen molar-refractivity contribution in [2.24, 2.45) is 11.8 Å². The van der Waals surface area contributed by atoms with E-state index in [9.17, 15) is 9.90 Å². The SMILES string of the molecule is CC(CC(=O)N1CCN(Cc2cccc(O)c2)CC1)C1CCNCC1.Cl.Cl. The number of nitrogens with zero attached hydrogens (tertiary/aromatic N) is 2. The summed E-state index contributed by atoms with van der Waals surface area (Å²) >= 11 is 0. The van der Waals surface area contributed by atoms with Crippen LogP contribution in [0.15, 0.2) is 24.3 Å². The molecule has 2 aliphatic rings. The standard InChI is InChI=1S/C20H31N3O2.2ClH/c1-16(18-5-7-21-8-6-18)13-20(25)23-11-9-22(10-12-23)15-17-3-2-4-19(24)14-17;;/h2-4,14,16,18,21,24H,5-13,15H2,1H3;2*1H. The Morgan fingerprint density at radius 3 is 2.48 bits per heavy atom. The summed E-state index contributed by atoms with van der Waals surface area (Å²) in [6.07, 6.45) is 3.09. The second-order valence-corrected chi connectivity index (χ2v) is 7.60. The van der Waals surface area contributed by atoms with Crippen LogP contribution in [0.3, 0.4) is 0 Å². The highest BCUT2D eigenvalue weighted by atomic mass is 35.5. The molecule has 0 spiro atoms. The van der Waals surface area contributed by atoms with E-state index in [1.807, 2.05) is 23.1 Å². The molecule has 0 aromatic heterocycles. The number of carbonyl (C=O) groups is 1. The second-order valence-electron chi connectivity index (χ2n) is 7.60. The van der Waals surface area contributed by atoms with E-state index in [0.717, 1.165) is 51.4 Å². The Morgan fingerprint density at radius 1 is 1.19 bits per heavy atom. The van der Waals surface area contributed by atoms with Gasteiger partial charge in [-0.15, -0.1) is 24.8 Å². The van der Waals surface area contributed by atoms with Crippen LogP contribution < -0.4 is 5.32 Å². The van der Waals surface area contributed by atoms with Crippen molar-refractivity contribution in [1.29, 1.82) is 0 Å². The van der Waals surface area contributed by atoms with Crippen LogP contribution in [0.1, 0.15) is 31.7 Å². The van der Waals surface area contributed by atoms with Crippen LogP contribution >= 0.6 is 24.8 Å². The van der Waals surface area contributed by atoms with Gasteiger partial charge in [-0.3, -0.25) is 9.69 Å².